The largest absolute Gasteiger partial charge is 0.219 e. The molecule has 0 saturated heterocycles. The van der Waals surface area contributed by atoms with E-state index in [1.807, 2.05) is 0 Å². The molecule has 12 heavy (non-hydrogen) atoms. The summed E-state index contributed by atoms with van der Waals surface area (Å²) in [6, 6.07) is 6.84. The first-order valence-electron chi connectivity index (χ1n) is 3.11. The number of rotatable bonds is 2. The van der Waals surface area contributed by atoms with Crippen LogP contribution in [0.15, 0.2) is 35.1 Å². The number of hydrogen-bond acceptors (Lipinski definition) is 2. The van der Waals surface area contributed by atoms with Crippen LogP contribution in [0.25, 0.3) is 0 Å². The Bertz CT molecular complexity index is 395. The SMILES string of the molecule is C=CS(=O)(=O)c1cc[c]c(Cl)c1. The van der Waals surface area contributed by atoms with Crippen LogP contribution in [0.5, 0.6) is 0 Å². The molecule has 0 heterocycles. The van der Waals surface area contributed by atoms with Gasteiger partial charge in [0.05, 0.1) is 4.90 Å². The molecule has 0 aromatic heterocycles. The van der Waals surface area contributed by atoms with Gasteiger partial charge in [-0.25, -0.2) is 8.42 Å². The Labute approximate surface area is 76.4 Å². The monoisotopic (exact) mass is 201 g/mol. The highest BCUT2D eigenvalue weighted by molar-refractivity contribution is 7.94. The molecule has 0 spiro atoms. The lowest BCUT2D eigenvalue weighted by atomic mass is 10.4. The van der Waals surface area contributed by atoms with Crippen molar-refractivity contribution < 1.29 is 8.42 Å². The topological polar surface area (TPSA) is 34.1 Å². The van der Waals surface area contributed by atoms with Gasteiger partial charge >= 0.3 is 0 Å². The van der Waals surface area contributed by atoms with Gasteiger partial charge in [-0.15, -0.1) is 0 Å². The molecule has 0 aliphatic heterocycles. The maximum atomic E-state index is 11.2. The minimum Gasteiger partial charge on any atom is -0.219 e. The molecular weight excluding hydrogens is 196 g/mol. The molecule has 4 heteroatoms. The third-order valence-electron chi connectivity index (χ3n) is 1.29. The summed E-state index contributed by atoms with van der Waals surface area (Å²) >= 11 is 5.55. The van der Waals surface area contributed by atoms with Gasteiger partial charge in [-0.3, -0.25) is 0 Å². The van der Waals surface area contributed by atoms with E-state index in [1.54, 1.807) is 0 Å². The molecule has 1 radical (unpaired) electrons. The van der Waals surface area contributed by atoms with E-state index >= 15 is 0 Å². The van der Waals surface area contributed by atoms with Crippen LogP contribution in [-0.4, -0.2) is 8.42 Å². The van der Waals surface area contributed by atoms with E-state index in [2.05, 4.69) is 12.6 Å². The summed E-state index contributed by atoms with van der Waals surface area (Å²) in [6.07, 6.45) is 0. The summed E-state index contributed by atoms with van der Waals surface area (Å²) in [5.74, 6) is 0. The molecular formula is C8H6ClO2S. The predicted molar refractivity (Wildman–Crippen MR) is 47.7 cm³/mol. The average molecular weight is 202 g/mol. The molecule has 1 aromatic rings. The van der Waals surface area contributed by atoms with Crippen molar-refractivity contribution in [3.8, 4) is 0 Å². The Balaban J connectivity index is 3.30. The molecule has 1 aromatic carbocycles. The van der Waals surface area contributed by atoms with Crippen molar-refractivity contribution in [3.63, 3.8) is 0 Å². The molecule has 0 amide bonds. The summed E-state index contributed by atoms with van der Waals surface area (Å²) in [4.78, 5) is 0.140. The van der Waals surface area contributed by atoms with Crippen LogP contribution in [0.2, 0.25) is 5.02 Å². The zero-order valence-corrected chi connectivity index (χ0v) is 7.69. The molecule has 0 fully saturated rings. The van der Waals surface area contributed by atoms with Crippen molar-refractivity contribution in [2.75, 3.05) is 0 Å². The Hall–Kier alpha value is -0.800. The van der Waals surface area contributed by atoms with Gasteiger partial charge in [-0.1, -0.05) is 24.2 Å². The van der Waals surface area contributed by atoms with Gasteiger partial charge in [0.25, 0.3) is 0 Å². The van der Waals surface area contributed by atoms with E-state index in [0.717, 1.165) is 5.41 Å². The molecule has 2 nitrogen and oxygen atoms in total. The van der Waals surface area contributed by atoms with Crippen LogP contribution < -0.4 is 0 Å². The summed E-state index contributed by atoms with van der Waals surface area (Å²) < 4.78 is 22.3. The zero-order chi connectivity index (χ0) is 9.19. The van der Waals surface area contributed by atoms with Gasteiger partial charge < -0.3 is 0 Å². The van der Waals surface area contributed by atoms with Crippen molar-refractivity contribution in [2.24, 2.45) is 0 Å². The van der Waals surface area contributed by atoms with Crippen LogP contribution in [0.3, 0.4) is 0 Å². The van der Waals surface area contributed by atoms with Gasteiger partial charge in [0.2, 0.25) is 0 Å². The van der Waals surface area contributed by atoms with Gasteiger partial charge in [0.15, 0.2) is 9.84 Å². The first-order chi connectivity index (χ1) is 5.56. The maximum Gasteiger partial charge on any atom is 0.199 e. The number of sulfone groups is 1. The second kappa shape index (κ2) is 3.29. The average Bonchev–Trinajstić information content (AvgIpc) is 2.05. The van der Waals surface area contributed by atoms with Gasteiger partial charge in [0.1, 0.15) is 0 Å². The lowest BCUT2D eigenvalue weighted by Crippen LogP contribution is -1.94. The van der Waals surface area contributed by atoms with Crippen LogP contribution >= 0.6 is 11.6 Å². The molecule has 1 rings (SSSR count). The number of hydrogen-bond donors (Lipinski definition) is 0. The summed E-state index contributed by atoms with van der Waals surface area (Å²) in [7, 11) is -3.36. The molecule has 0 unspecified atom stereocenters. The minimum absolute atomic E-state index is 0.140. The van der Waals surface area contributed by atoms with Crippen molar-refractivity contribution >= 4 is 21.4 Å². The Morgan fingerprint density at radius 3 is 2.75 bits per heavy atom. The third-order valence-corrected chi connectivity index (χ3v) is 2.85. The summed E-state index contributed by atoms with van der Waals surface area (Å²) in [6.45, 7) is 3.20. The second-order valence-corrected chi connectivity index (χ2v) is 4.39. The van der Waals surface area contributed by atoms with E-state index in [0.29, 0.717) is 0 Å². The van der Waals surface area contributed by atoms with Gasteiger partial charge in [0, 0.05) is 16.5 Å². The Morgan fingerprint density at radius 2 is 2.25 bits per heavy atom. The van der Waals surface area contributed by atoms with E-state index in [4.69, 9.17) is 11.6 Å². The fourth-order valence-corrected chi connectivity index (χ4v) is 1.67. The molecule has 0 atom stereocenters. The first-order valence-corrected chi connectivity index (χ1v) is 5.03. The standard InChI is InChI=1S/C8H6ClO2S/c1-2-12(10,11)8-5-3-4-7(9)6-8/h2-3,5-6H,1H2. The van der Waals surface area contributed by atoms with Crippen LogP contribution in [-0.2, 0) is 9.84 Å². The van der Waals surface area contributed by atoms with Crippen molar-refractivity contribution in [3.05, 3.63) is 41.3 Å². The van der Waals surface area contributed by atoms with E-state index < -0.39 is 9.84 Å². The molecule has 63 valence electrons. The van der Waals surface area contributed by atoms with Crippen molar-refractivity contribution in [1.82, 2.24) is 0 Å². The lowest BCUT2D eigenvalue weighted by molar-refractivity contribution is 0.604. The van der Waals surface area contributed by atoms with Crippen LogP contribution in [0.4, 0.5) is 0 Å². The Morgan fingerprint density at radius 1 is 1.58 bits per heavy atom. The first kappa shape index (κ1) is 9.29. The fraction of sp³-hybridized carbons (Fsp3) is 0. The predicted octanol–water partition coefficient (Wildman–Crippen LogP) is 2.06. The molecule has 0 N–H and O–H groups in total. The van der Waals surface area contributed by atoms with Crippen LogP contribution in [0.1, 0.15) is 0 Å². The fourth-order valence-electron chi connectivity index (χ4n) is 0.691. The highest BCUT2D eigenvalue weighted by Crippen LogP contribution is 2.16. The second-order valence-electron chi connectivity index (χ2n) is 2.08. The smallest absolute Gasteiger partial charge is 0.199 e. The highest BCUT2D eigenvalue weighted by atomic mass is 35.5. The maximum absolute atomic E-state index is 11.2. The molecule has 0 aliphatic carbocycles. The summed E-state index contributed by atoms with van der Waals surface area (Å²) in [5, 5.41) is 1.16. The quantitative estimate of drug-likeness (QED) is 0.734. The van der Waals surface area contributed by atoms with Crippen molar-refractivity contribution in [1.29, 1.82) is 0 Å². The van der Waals surface area contributed by atoms with Crippen LogP contribution in [0, 0.1) is 6.07 Å². The zero-order valence-electron chi connectivity index (χ0n) is 6.12. The molecule has 0 aliphatic rings. The van der Waals surface area contributed by atoms with E-state index in [9.17, 15) is 8.42 Å². The molecule has 0 bridgehead atoms. The normalized spacial score (nSPS) is 11.1. The lowest BCUT2D eigenvalue weighted by Gasteiger charge is -1.97. The molecule has 0 saturated carbocycles. The van der Waals surface area contributed by atoms with E-state index in [1.165, 1.54) is 18.2 Å². The number of benzene rings is 1. The van der Waals surface area contributed by atoms with E-state index in [-0.39, 0.29) is 9.92 Å². The minimum atomic E-state index is -3.36. The van der Waals surface area contributed by atoms with Crippen molar-refractivity contribution in [2.45, 2.75) is 4.90 Å². The number of halogens is 1. The van der Waals surface area contributed by atoms with Gasteiger partial charge in [-0.2, -0.15) is 0 Å². The highest BCUT2D eigenvalue weighted by Gasteiger charge is 2.08. The van der Waals surface area contributed by atoms with Gasteiger partial charge in [-0.05, 0) is 12.1 Å². The third kappa shape index (κ3) is 1.87. The Kier molecular flexibility index (Phi) is 2.55. The summed E-state index contributed by atoms with van der Waals surface area (Å²) in [5.41, 5.74) is 0.